The lowest BCUT2D eigenvalue weighted by molar-refractivity contribution is 0.294. The van der Waals surface area contributed by atoms with Crippen LogP contribution < -0.4 is 5.32 Å². The van der Waals surface area contributed by atoms with Crippen LogP contribution in [0.15, 0.2) is 6.07 Å². The lowest BCUT2D eigenvalue weighted by Gasteiger charge is -2.20. The van der Waals surface area contributed by atoms with E-state index in [1.54, 1.807) is 0 Å². The molecule has 0 saturated carbocycles. The summed E-state index contributed by atoms with van der Waals surface area (Å²) in [6, 6.07) is 1.81. The van der Waals surface area contributed by atoms with Crippen LogP contribution >= 0.6 is 11.6 Å². The first-order valence-electron chi connectivity index (χ1n) is 7.67. The van der Waals surface area contributed by atoms with Gasteiger partial charge in [-0.2, -0.15) is 0 Å². The Kier molecular flexibility index (Phi) is 6.05. The van der Waals surface area contributed by atoms with Crippen molar-refractivity contribution < 1.29 is 0 Å². The summed E-state index contributed by atoms with van der Waals surface area (Å²) in [4.78, 5) is 11.3. The second-order valence-electron chi connectivity index (χ2n) is 5.74. The number of anilines is 1. The maximum absolute atomic E-state index is 6.04. The van der Waals surface area contributed by atoms with Crippen LogP contribution in [0, 0.1) is 5.92 Å². The van der Waals surface area contributed by atoms with Gasteiger partial charge < -0.3 is 10.2 Å². The standard InChI is InChI=1S/C15H25ClN4/c1-3-6-14-18-13(16)9-15(19-14)17-10-12(2)11-20-7-4-5-8-20/h9,12H,3-8,10-11H2,1-2H3,(H,17,18,19). The number of aromatic nitrogens is 2. The van der Waals surface area contributed by atoms with E-state index in [0.717, 1.165) is 37.6 Å². The van der Waals surface area contributed by atoms with Gasteiger partial charge in [0.1, 0.15) is 16.8 Å². The average molecular weight is 297 g/mol. The number of nitrogens with zero attached hydrogens (tertiary/aromatic N) is 3. The Balaban J connectivity index is 1.82. The zero-order valence-electron chi connectivity index (χ0n) is 12.5. The van der Waals surface area contributed by atoms with Crippen LogP contribution in [0.1, 0.15) is 38.9 Å². The zero-order valence-corrected chi connectivity index (χ0v) is 13.3. The second kappa shape index (κ2) is 7.79. The van der Waals surface area contributed by atoms with Gasteiger partial charge in [-0.25, -0.2) is 9.97 Å². The Hall–Kier alpha value is -0.870. The summed E-state index contributed by atoms with van der Waals surface area (Å²) in [7, 11) is 0. The molecule has 1 aliphatic heterocycles. The minimum Gasteiger partial charge on any atom is -0.370 e. The van der Waals surface area contributed by atoms with Crippen LogP contribution in [0.3, 0.4) is 0 Å². The van der Waals surface area contributed by atoms with Crippen LogP contribution in [0.4, 0.5) is 5.82 Å². The van der Waals surface area contributed by atoms with Gasteiger partial charge in [0, 0.05) is 25.6 Å². The van der Waals surface area contributed by atoms with E-state index in [-0.39, 0.29) is 0 Å². The first-order chi connectivity index (χ1) is 9.67. The Morgan fingerprint density at radius 2 is 2.10 bits per heavy atom. The lowest BCUT2D eigenvalue weighted by Crippen LogP contribution is -2.29. The molecular weight excluding hydrogens is 272 g/mol. The zero-order chi connectivity index (χ0) is 14.4. The maximum Gasteiger partial charge on any atom is 0.134 e. The Morgan fingerprint density at radius 3 is 2.80 bits per heavy atom. The van der Waals surface area contributed by atoms with Crippen LogP contribution in [0.2, 0.25) is 5.15 Å². The SMILES string of the molecule is CCCc1nc(Cl)cc(NCC(C)CN2CCCC2)n1. The minimum absolute atomic E-state index is 0.526. The van der Waals surface area contributed by atoms with Gasteiger partial charge in [0.2, 0.25) is 0 Å². The van der Waals surface area contributed by atoms with Crippen molar-refractivity contribution in [2.24, 2.45) is 5.92 Å². The highest BCUT2D eigenvalue weighted by molar-refractivity contribution is 6.29. The maximum atomic E-state index is 6.04. The summed E-state index contributed by atoms with van der Waals surface area (Å²) in [5.74, 6) is 2.29. The van der Waals surface area contributed by atoms with Crippen LogP contribution in [-0.2, 0) is 6.42 Å². The van der Waals surface area contributed by atoms with Crippen molar-refractivity contribution in [3.8, 4) is 0 Å². The molecular formula is C15H25ClN4. The fourth-order valence-electron chi connectivity index (χ4n) is 2.64. The predicted molar refractivity (Wildman–Crippen MR) is 84.4 cm³/mol. The van der Waals surface area contributed by atoms with Gasteiger partial charge in [0.25, 0.3) is 0 Å². The molecule has 2 rings (SSSR count). The topological polar surface area (TPSA) is 41.1 Å². The Labute approximate surface area is 126 Å². The van der Waals surface area contributed by atoms with E-state index >= 15 is 0 Å². The fraction of sp³-hybridized carbons (Fsp3) is 0.733. The molecule has 0 spiro atoms. The van der Waals surface area contributed by atoms with Crippen LogP contribution in [0.25, 0.3) is 0 Å². The minimum atomic E-state index is 0.526. The van der Waals surface area contributed by atoms with E-state index < -0.39 is 0 Å². The molecule has 4 nitrogen and oxygen atoms in total. The molecule has 1 saturated heterocycles. The van der Waals surface area contributed by atoms with Crippen molar-refractivity contribution in [2.45, 2.75) is 39.5 Å². The monoisotopic (exact) mass is 296 g/mol. The smallest absolute Gasteiger partial charge is 0.134 e. The van der Waals surface area contributed by atoms with Crippen LogP contribution in [-0.4, -0.2) is 41.0 Å². The third kappa shape index (κ3) is 4.91. The largest absolute Gasteiger partial charge is 0.370 e. The molecule has 1 aromatic heterocycles. The second-order valence-corrected chi connectivity index (χ2v) is 6.12. The molecule has 112 valence electrons. The molecule has 0 aliphatic carbocycles. The van der Waals surface area contributed by atoms with E-state index in [4.69, 9.17) is 11.6 Å². The summed E-state index contributed by atoms with van der Waals surface area (Å²) >= 11 is 6.04. The van der Waals surface area contributed by atoms with Crippen LogP contribution in [0.5, 0.6) is 0 Å². The number of hydrogen-bond acceptors (Lipinski definition) is 4. The van der Waals surface area contributed by atoms with Crippen molar-refractivity contribution in [3.63, 3.8) is 0 Å². The molecule has 1 unspecified atom stereocenters. The molecule has 1 aliphatic rings. The number of nitrogens with one attached hydrogen (secondary N) is 1. The van der Waals surface area contributed by atoms with Gasteiger partial charge in [0.05, 0.1) is 0 Å². The summed E-state index contributed by atoms with van der Waals surface area (Å²) in [6.45, 7) is 8.99. The highest BCUT2D eigenvalue weighted by Crippen LogP contribution is 2.14. The van der Waals surface area contributed by atoms with Crippen molar-refractivity contribution in [2.75, 3.05) is 31.5 Å². The molecule has 0 amide bonds. The van der Waals surface area contributed by atoms with Gasteiger partial charge in [-0.15, -0.1) is 0 Å². The Bertz CT molecular complexity index is 418. The summed E-state index contributed by atoms with van der Waals surface area (Å²) in [6.07, 6.45) is 4.60. The molecule has 1 fully saturated rings. The highest BCUT2D eigenvalue weighted by Gasteiger charge is 2.14. The van der Waals surface area contributed by atoms with Crippen molar-refractivity contribution in [1.82, 2.24) is 14.9 Å². The summed E-state index contributed by atoms with van der Waals surface area (Å²) < 4.78 is 0. The van der Waals surface area contributed by atoms with Gasteiger partial charge in [-0.3, -0.25) is 0 Å². The summed E-state index contributed by atoms with van der Waals surface area (Å²) in [5.41, 5.74) is 0. The first kappa shape index (κ1) is 15.5. The number of halogens is 1. The quantitative estimate of drug-likeness (QED) is 0.784. The number of aryl methyl sites for hydroxylation is 1. The first-order valence-corrected chi connectivity index (χ1v) is 8.05. The van der Waals surface area contributed by atoms with Crippen molar-refractivity contribution >= 4 is 17.4 Å². The lowest BCUT2D eigenvalue weighted by atomic mass is 10.1. The van der Waals surface area contributed by atoms with Gasteiger partial charge in [-0.1, -0.05) is 25.4 Å². The fourth-order valence-corrected chi connectivity index (χ4v) is 2.84. The van der Waals surface area contributed by atoms with Gasteiger partial charge in [-0.05, 0) is 38.3 Å². The van der Waals surface area contributed by atoms with E-state index in [2.05, 4.69) is 34.0 Å². The third-order valence-electron chi connectivity index (χ3n) is 3.62. The molecule has 5 heteroatoms. The van der Waals surface area contributed by atoms with Crippen molar-refractivity contribution in [1.29, 1.82) is 0 Å². The molecule has 2 heterocycles. The highest BCUT2D eigenvalue weighted by atomic mass is 35.5. The Morgan fingerprint density at radius 1 is 1.35 bits per heavy atom. The number of likely N-dealkylation sites (tertiary alicyclic amines) is 1. The molecule has 20 heavy (non-hydrogen) atoms. The van der Waals surface area contributed by atoms with E-state index in [0.29, 0.717) is 11.1 Å². The van der Waals surface area contributed by atoms with E-state index in [9.17, 15) is 0 Å². The predicted octanol–water partition coefficient (Wildman–Crippen LogP) is 3.23. The van der Waals surface area contributed by atoms with Crippen molar-refractivity contribution in [3.05, 3.63) is 17.0 Å². The molecule has 0 bridgehead atoms. The molecule has 1 atom stereocenters. The molecule has 0 aromatic carbocycles. The van der Waals surface area contributed by atoms with E-state index in [1.165, 1.54) is 25.9 Å². The van der Waals surface area contributed by atoms with Gasteiger partial charge >= 0.3 is 0 Å². The third-order valence-corrected chi connectivity index (χ3v) is 3.81. The van der Waals surface area contributed by atoms with E-state index in [1.807, 2.05) is 6.07 Å². The normalized spacial score (nSPS) is 17.4. The summed E-state index contributed by atoms with van der Waals surface area (Å²) in [5, 5.41) is 3.92. The molecule has 0 radical (unpaired) electrons. The van der Waals surface area contributed by atoms with Gasteiger partial charge in [0.15, 0.2) is 0 Å². The number of hydrogen-bond donors (Lipinski definition) is 1. The molecule has 1 N–H and O–H groups in total. The molecule has 1 aromatic rings. The average Bonchev–Trinajstić information content (AvgIpc) is 2.89. The number of rotatable bonds is 7.